The molecule has 0 heterocycles. The van der Waals surface area contributed by atoms with Crippen molar-refractivity contribution in [3.8, 4) is 11.1 Å². The molecule has 0 aromatic heterocycles. The number of allylic oxidation sites excluding steroid dienone is 1. The van der Waals surface area contributed by atoms with Crippen LogP contribution in [-0.4, -0.2) is 5.92 Å². The Morgan fingerprint density at radius 1 is 0.964 bits per heavy atom. The lowest BCUT2D eigenvalue weighted by Gasteiger charge is -2.28. The van der Waals surface area contributed by atoms with Gasteiger partial charge in [-0.1, -0.05) is 68.3 Å². The number of alkyl halides is 2. The summed E-state index contributed by atoms with van der Waals surface area (Å²) in [4.78, 5) is 0. The predicted molar refractivity (Wildman–Crippen MR) is 107 cm³/mol. The SMILES string of the molecule is CCCC/C=C/c1ccc(-c2ccc(C3CCC(F)(F)CC3)cc2)c(F)c1F. The third kappa shape index (κ3) is 4.84. The molecule has 4 heteroatoms. The summed E-state index contributed by atoms with van der Waals surface area (Å²) >= 11 is 0. The Morgan fingerprint density at radius 3 is 2.29 bits per heavy atom. The molecule has 3 rings (SSSR count). The molecule has 0 unspecified atom stereocenters. The highest BCUT2D eigenvalue weighted by Crippen LogP contribution is 2.41. The van der Waals surface area contributed by atoms with Gasteiger partial charge >= 0.3 is 0 Å². The van der Waals surface area contributed by atoms with Gasteiger partial charge < -0.3 is 0 Å². The van der Waals surface area contributed by atoms with Crippen LogP contribution in [0, 0.1) is 11.6 Å². The van der Waals surface area contributed by atoms with Crippen molar-refractivity contribution in [1.29, 1.82) is 0 Å². The van der Waals surface area contributed by atoms with Crippen LogP contribution in [0.3, 0.4) is 0 Å². The van der Waals surface area contributed by atoms with Gasteiger partial charge in [-0.2, -0.15) is 0 Å². The van der Waals surface area contributed by atoms with Gasteiger partial charge in [0.1, 0.15) is 0 Å². The zero-order chi connectivity index (χ0) is 20.1. The van der Waals surface area contributed by atoms with Crippen LogP contribution in [0.15, 0.2) is 42.5 Å². The molecule has 1 aliphatic carbocycles. The summed E-state index contributed by atoms with van der Waals surface area (Å²) < 4.78 is 55.6. The molecule has 0 radical (unpaired) electrons. The van der Waals surface area contributed by atoms with Crippen molar-refractivity contribution in [3.63, 3.8) is 0 Å². The molecular formula is C24H26F4. The summed E-state index contributed by atoms with van der Waals surface area (Å²) in [5.41, 5.74) is 2.03. The van der Waals surface area contributed by atoms with Crippen LogP contribution in [-0.2, 0) is 0 Å². The monoisotopic (exact) mass is 390 g/mol. The van der Waals surface area contributed by atoms with Crippen LogP contribution in [0.5, 0.6) is 0 Å². The van der Waals surface area contributed by atoms with E-state index in [0.29, 0.717) is 18.4 Å². The smallest absolute Gasteiger partial charge is 0.207 e. The van der Waals surface area contributed by atoms with E-state index in [9.17, 15) is 17.6 Å². The number of hydrogen-bond donors (Lipinski definition) is 0. The second-order valence-electron chi connectivity index (χ2n) is 7.63. The summed E-state index contributed by atoms with van der Waals surface area (Å²) in [5.74, 6) is -4.15. The van der Waals surface area contributed by atoms with Gasteiger partial charge in [0.05, 0.1) is 0 Å². The summed E-state index contributed by atoms with van der Waals surface area (Å²) in [6.45, 7) is 2.08. The average Bonchev–Trinajstić information content (AvgIpc) is 2.69. The first-order chi connectivity index (χ1) is 13.4. The second kappa shape index (κ2) is 8.93. The van der Waals surface area contributed by atoms with Crippen LogP contribution in [0.4, 0.5) is 17.6 Å². The van der Waals surface area contributed by atoms with E-state index >= 15 is 0 Å². The fourth-order valence-corrected chi connectivity index (χ4v) is 3.76. The van der Waals surface area contributed by atoms with Crippen LogP contribution >= 0.6 is 0 Å². The van der Waals surface area contributed by atoms with Gasteiger partial charge in [-0.15, -0.1) is 0 Å². The Kier molecular flexibility index (Phi) is 6.58. The second-order valence-corrected chi connectivity index (χ2v) is 7.63. The molecule has 0 bridgehead atoms. The van der Waals surface area contributed by atoms with Crippen molar-refractivity contribution >= 4 is 6.08 Å². The maximum Gasteiger partial charge on any atom is 0.248 e. The third-order valence-electron chi connectivity index (χ3n) is 5.54. The van der Waals surface area contributed by atoms with Crippen molar-refractivity contribution < 1.29 is 17.6 Å². The van der Waals surface area contributed by atoms with Crippen molar-refractivity contribution in [1.82, 2.24) is 0 Å². The normalized spacial score (nSPS) is 17.3. The molecule has 0 aliphatic heterocycles. The number of hydrogen-bond acceptors (Lipinski definition) is 0. The maximum atomic E-state index is 14.6. The predicted octanol–water partition coefficient (Wildman–Crippen LogP) is 8.13. The van der Waals surface area contributed by atoms with Gasteiger partial charge in [0.15, 0.2) is 11.6 Å². The molecule has 0 nitrogen and oxygen atoms in total. The molecule has 1 aliphatic rings. The fourth-order valence-electron chi connectivity index (χ4n) is 3.76. The molecule has 1 saturated carbocycles. The highest BCUT2D eigenvalue weighted by Gasteiger charge is 2.35. The summed E-state index contributed by atoms with van der Waals surface area (Å²) in [6, 6.07) is 10.4. The summed E-state index contributed by atoms with van der Waals surface area (Å²) in [5, 5.41) is 0. The first-order valence-electron chi connectivity index (χ1n) is 10.0. The van der Waals surface area contributed by atoms with Crippen molar-refractivity contribution in [2.24, 2.45) is 0 Å². The standard InChI is InChI=1S/C24H26F4/c1-2-3-4-5-6-20-11-12-21(23(26)22(20)25)19-9-7-17(8-10-19)18-13-15-24(27,28)16-14-18/h5-12,18H,2-4,13-16H2,1H3/b6-5+. The van der Waals surface area contributed by atoms with E-state index in [4.69, 9.17) is 0 Å². The van der Waals surface area contributed by atoms with Crippen LogP contribution in [0.25, 0.3) is 17.2 Å². The molecule has 2 aromatic carbocycles. The van der Waals surface area contributed by atoms with Crippen LogP contribution in [0.1, 0.15) is 68.9 Å². The Labute approximate surface area is 164 Å². The average molecular weight is 390 g/mol. The van der Waals surface area contributed by atoms with Gasteiger partial charge in [0, 0.05) is 24.0 Å². The summed E-state index contributed by atoms with van der Waals surface area (Å²) in [6.07, 6.45) is 7.13. The van der Waals surface area contributed by atoms with E-state index < -0.39 is 17.6 Å². The number of rotatable bonds is 6. The molecule has 28 heavy (non-hydrogen) atoms. The van der Waals surface area contributed by atoms with Crippen LogP contribution < -0.4 is 0 Å². The Bertz CT molecular complexity index is 811. The first-order valence-corrected chi connectivity index (χ1v) is 10.0. The maximum absolute atomic E-state index is 14.6. The van der Waals surface area contributed by atoms with E-state index in [2.05, 4.69) is 6.92 Å². The minimum atomic E-state index is -2.55. The first kappa shape index (κ1) is 20.6. The highest BCUT2D eigenvalue weighted by atomic mass is 19.3. The number of halogens is 4. The zero-order valence-electron chi connectivity index (χ0n) is 16.2. The number of unbranched alkanes of at least 4 members (excludes halogenated alkanes) is 2. The third-order valence-corrected chi connectivity index (χ3v) is 5.54. The molecule has 150 valence electrons. The number of benzene rings is 2. The van der Waals surface area contributed by atoms with Gasteiger partial charge in [-0.05, 0) is 36.3 Å². The van der Waals surface area contributed by atoms with Crippen LogP contribution in [0.2, 0.25) is 0 Å². The van der Waals surface area contributed by atoms with E-state index in [0.717, 1.165) is 24.8 Å². The highest BCUT2D eigenvalue weighted by molar-refractivity contribution is 5.67. The molecule has 0 saturated heterocycles. The molecule has 0 spiro atoms. The minimum Gasteiger partial charge on any atom is -0.207 e. The topological polar surface area (TPSA) is 0 Å². The Hall–Kier alpha value is -2.10. The quantitative estimate of drug-likeness (QED) is 0.345. The lowest BCUT2D eigenvalue weighted by Crippen LogP contribution is -2.23. The molecule has 0 N–H and O–H groups in total. The molecule has 1 fully saturated rings. The van der Waals surface area contributed by atoms with E-state index in [1.54, 1.807) is 30.3 Å². The molecule has 2 aromatic rings. The van der Waals surface area contributed by atoms with Crippen molar-refractivity contribution in [2.45, 2.75) is 63.7 Å². The summed E-state index contributed by atoms with van der Waals surface area (Å²) in [7, 11) is 0. The van der Waals surface area contributed by atoms with Gasteiger partial charge in [-0.3, -0.25) is 0 Å². The minimum absolute atomic E-state index is 0.0908. The van der Waals surface area contributed by atoms with Crippen molar-refractivity contribution in [2.75, 3.05) is 0 Å². The molecule has 0 atom stereocenters. The molecular weight excluding hydrogens is 364 g/mol. The zero-order valence-corrected chi connectivity index (χ0v) is 16.2. The Balaban J connectivity index is 1.75. The van der Waals surface area contributed by atoms with Gasteiger partial charge in [0.2, 0.25) is 5.92 Å². The van der Waals surface area contributed by atoms with E-state index in [1.165, 1.54) is 0 Å². The molecule has 0 amide bonds. The lowest BCUT2D eigenvalue weighted by molar-refractivity contribution is -0.0382. The lowest BCUT2D eigenvalue weighted by atomic mass is 9.82. The van der Waals surface area contributed by atoms with Gasteiger partial charge in [0.25, 0.3) is 0 Å². The van der Waals surface area contributed by atoms with E-state index in [1.807, 2.05) is 18.2 Å². The van der Waals surface area contributed by atoms with Gasteiger partial charge in [-0.25, -0.2) is 17.6 Å². The van der Waals surface area contributed by atoms with E-state index in [-0.39, 0.29) is 29.9 Å². The fraction of sp³-hybridized carbons (Fsp3) is 0.417. The largest absolute Gasteiger partial charge is 0.248 e. The van der Waals surface area contributed by atoms with Crippen molar-refractivity contribution in [3.05, 3.63) is 65.2 Å². The Morgan fingerprint density at radius 2 is 1.64 bits per heavy atom.